The van der Waals surface area contributed by atoms with Crippen molar-refractivity contribution >= 4 is 21.6 Å². The summed E-state index contributed by atoms with van der Waals surface area (Å²) in [5.74, 6) is -0.427. The fourth-order valence-corrected chi connectivity index (χ4v) is 4.19. The van der Waals surface area contributed by atoms with Gasteiger partial charge in [-0.1, -0.05) is 29.8 Å². The van der Waals surface area contributed by atoms with Gasteiger partial charge in [0.1, 0.15) is 16.4 Å². The number of hydrogen-bond donors (Lipinski definition) is 2. The van der Waals surface area contributed by atoms with Gasteiger partial charge in [0.25, 0.3) is 15.9 Å². The maximum absolute atomic E-state index is 12.9. The van der Waals surface area contributed by atoms with Crippen molar-refractivity contribution in [1.82, 2.24) is 5.32 Å². The van der Waals surface area contributed by atoms with Crippen LogP contribution < -0.4 is 19.5 Å². The van der Waals surface area contributed by atoms with Crippen molar-refractivity contribution in [3.63, 3.8) is 0 Å². The van der Waals surface area contributed by atoms with Crippen LogP contribution in [-0.2, 0) is 16.6 Å². The molecule has 0 aliphatic rings. The molecule has 0 heterocycles. The van der Waals surface area contributed by atoms with E-state index in [1.165, 1.54) is 49.6 Å². The molecular formula is C23H22F2N2O5S. The second-order valence-electron chi connectivity index (χ2n) is 7.04. The molecule has 0 unspecified atom stereocenters. The van der Waals surface area contributed by atoms with E-state index in [4.69, 9.17) is 4.74 Å². The lowest BCUT2D eigenvalue weighted by molar-refractivity contribution is -0.0498. The molecule has 0 radical (unpaired) electrons. The molecule has 0 bridgehead atoms. The molecule has 3 rings (SSSR count). The van der Waals surface area contributed by atoms with Gasteiger partial charge in [-0.15, -0.1) is 0 Å². The fourth-order valence-electron chi connectivity index (χ4n) is 2.93. The average molecular weight is 477 g/mol. The van der Waals surface area contributed by atoms with Crippen LogP contribution in [-0.4, -0.2) is 28.0 Å². The average Bonchev–Trinajstić information content (AvgIpc) is 2.79. The molecule has 174 valence electrons. The van der Waals surface area contributed by atoms with Gasteiger partial charge in [-0.3, -0.25) is 9.52 Å². The third-order valence-electron chi connectivity index (χ3n) is 4.62. The van der Waals surface area contributed by atoms with Gasteiger partial charge in [-0.2, -0.15) is 8.78 Å². The predicted octanol–water partition coefficient (Wildman–Crippen LogP) is 4.34. The first-order valence-corrected chi connectivity index (χ1v) is 11.3. The smallest absolute Gasteiger partial charge is 0.387 e. The summed E-state index contributed by atoms with van der Waals surface area (Å²) >= 11 is 0. The molecule has 3 aromatic rings. The Labute approximate surface area is 190 Å². The van der Waals surface area contributed by atoms with Crippen molar-refractivity contribution in [3.8, 4) is 11.5 Å². The quantitative estimate of drug-likeness (QED) is 0.479. The minimum atomic E-state index is -4.04. The van der Waals surface area contributed by atoms with Crippen LogP contribution in [0, 0.1) is 6.92 Å². The zero-order chi connectivity index (χ0) is 24.0. The van der Waals surface area contributed by atoms with Gasteiger partial charge in [0, 0.05) is 17.8 Å². The molecule has 0 saturated carbocycles. The Bertz CT molecular complexity index is 1210. The number of alkyl halides is 2. The highest BCUT2D eigenvalue weighted by molar-refractivity contribution is 7.92. The number of methoxy groups -OCH3 is 1. The van der Waals surface area contributed by atoms with Crippen molar-refractivity contribution < 1.29 is 31.5 Å². The van der Waals surface area contributed by atoms with Crippen molar-refractivity contribution in [3.05, 3.63) is 83.4 Å². The van der Waals surface area contributed by atoms with E-state index in [9.17, 15) is 22.0 Å². The SMILES string of the molecule is COc1ccc(C(=O)NCc2ccc(OC(F)F)cc2)cc1S(=O)(=O)Nc1ccc(C)cc1. The van der Waals surface area contributed by atoms with E-state index in [1.54, 1.807) is 24.3 Å². The van der Waals surface area contributed by atoms with Crippen molar-refractivity contribution in [2.75, 3.05) is 11.8 Å². The Kier molecular flexibility index (Phi) is 7.49. The molecule has 0 aliphatic heterocycles. The minimum absolute atomic E-state index is 0.00570. The van der Waals surface area contributed by atoms with Gasteiger partial charge in [0.15, 0.2) is 0 Å². The molecule has 2 N–H and O–H groups in total. The summed E-state index contributed by atoms with van der Waals surface area (Å²) in [5.41, 5.74) is 2.10. The molecule has 0 spiro atoms. The minimum Gasteiger partial charge on any atom is -0.495 e. The van der Waals surface area contributed by atoms with Gasteiger partial charge in [-0.05, 0) is 55.0 Å². The first-order chi connectivity index (χ1) is 15.7. The van der Waals surface area contributed by atoms with Gasteiger partial charge < -0.3 is 14.8 Å². The number of carbonyl (C=O) groups excluding carboxylic acids is 1. The fraction of sp³-hybridized carbons (Fsp3) is 0.174. The lowest BCUT2D eigenvalue weighted by atomic mass is 10.2. The lowest BCUT2D eigenvalue weighted by Crippen LogP contribution is -2.23. The third-order valence-corrected chi connectivity index (χ3v) is 6.02. The molecule has 33 heavy (non-hydrogen) atoms. The van der Waals surface area contributed by atoms with E-state index in [0.29, 0.717) is 11.3 Å². The molecular weight excluding hydrogens is 454 g/mol. The number of ether oxygens (including phenoxy) is 2. The van der Waals surface area contributed by atoms with Gasteiger partial charge in [-0.25, -0.2) is 8.42 Å². The topological polar surface area (TPSA) is 93.7 Å². The van der Waals surface area contributed by atoms with Crippen LogP contribution in [0.1, 0.15) is 21.5 Å². The molecule has 0 aromatic heterocycles. The van der Waals surface area contributed by atoms with E-state index in [1.807, 2.05) is 6.92 Å². The van der Waals surface area contributed by atoms with E-state index >= 15 is 0 Å². The molecule has 0 atom stereocenters. The number of nitrogens with one attached hydrogen (secondary N) is 2. The Morgan fingerprint density at radius 1 is 1.00 bits per heavy atom. The molecule has 3 aromatic carbocycles. The van der Waals surface area contributed by atoms with Crippen molar-refractivity contribution in [2.24, 2.45) is 0 Å². The number of carbonyl (C=O) groups is 1. The Morgan fingerprint density at radius 2 is 1.67 bits per heavy atom. The summed E-state index contributed by atoms with van der Waals surface area (Å²) in [4.78, 5) is 12.4. The number of anilines is 1. The number of benzene rings is 3. The Hall–Kier alpha value is -3.66. The van der Waals surface area contributed by atoms with E-state index in [2.05, 4.69) is 14.8 Å². The highest BCUT2D eigenvalue weighted by Crippen LogP contribution is 2.27. The Morgan fingerprint density at radius 3 is 2.27 bits per heavy atom. The number of sulfonamides is 1. The van der Waals surface area contributed by atoms with Crippen LogP contribution in [0.2, 0.25) is 0 Å². The summed E-state index contributed by atoms with van der Waals surface area (Å²) in [7, 11) is -2.70. The summed E-state index contributed by atoms with van der Waals surface area (Å²) in [5, 5.41) is 2.66. The first-order valence-electron chi connectivity index (χ1n) is 9.77. The first kappa shape index (κ1) is 24.0. The zero-order valence-corrected chi connectivity index (χ0v) is 18.7. The number of amides is 1. The molecule has 10 heteroatoms. The normalized spacial score (nSPS) is 11.2. The van der Waals surface area contributed by atoms with E-state index in [0.717, 1.165) is 5.56 Å². The van der Waals surface area contributed by atoms with Crippen LogP contribution in [0.3, 0.4) is 0 Å². The monoisotopic (exact) mass is 476 g/mol. The van der Waals surface area contributed by atoms with Crippen molar-refractivity contribution in [1.29, 1.82) is 0 Å². The molecule has 0 fully saturated rings. The molecule has 1 amide bonds. The third kappa shape index (κ3) is 6.42. The van der Waals surface area contributed by atoms with E-state index in [-0.39, 0.29) is 28.5 Å². The van der Waals surface area contributed by atoms with Crippen LogP contribution in [0.25, 0.3) is 0 Å². The maximum Gasteiger partial charge on any atom is 0.387 e. The standard InChI is InChI=1S/C23H22F2N2O5S/c1-15-3-8-18(9-4-15)27-33(29,30)21-13-17(7-12-20(21)31-2)22(28)26-14-16-5-10-19(11-6-16)32-23(24)25/h3-13,23,27H,14H2,1-2H3,(H,26,28). The molecule has 0 saturated heterocycles. The van der Waals surface area contributed by atoms with Crippen LogP contribution in [0.4, 0.5) is 14.5 Å². The number of aryl methyl sites for hydroxylation is 1. The second-order valence-corrected chi connectivity index (χ2v) is 8.69. The summed E-state index contributed by atoms with van der Waals surface area (Å²) in [6.45, 7) is -0.935. The van der Waals surface area contributed by atoms with Crippen molar-refractivity contribution in [2.45, 2.75) is 25.0 Å². The van der Waals surface area contributed by atoms with Gasteiger partial charge >= 0.3 is 6.61 Å². The lowest BCUT2D eigenvalue weighted by Gasteiger charge is -2.13. The van der Waals surface area contributed by atoms with Gasteiger partial charge in [0.2, 0.25) is 0 Å². The van der Waals surface area contributed by atoms with Crippen LogP contribution >= 0.6 is 0 Å². The molecule has 7 nitrogen and oxygen atoms in total. The largest absolute Gasteiger partial charge is 0.495 e. The zero-order valence-electron chi connectivity index (χ0n) is 17.8. The van der Waals surface area contributed by atoms with Gasteiger partial charge in [0.05, 0.1) is 7.11 Å². The second kappa shape index (κ2) is 10.3. The number of hydrogen-bond acceptors (Lipinski definition) is 5. The summed E-state index contributed by atoms with van der Waals surface area (Å²) in [6.07, 6.45) is 0. The summed E-state index contributed by atoms with van der Waals surface area (Å²) in [6, 6.07) is 16.7. The van der Waals surface area contributed by atoms with E-state index < -0.39 is 22.5 Å². The highest BCUT2D eigenvalue weighted by atomic mass is 32.2. The maximum atomic E-state index is 12.9. The molecule has 0 aliphatic carbocycles. The summed E-state index contributed by atoms with van der Waals surface area (Å²) < 4.78 is 62.3. The van der Waals surface area contributed by atoms with Crippen LogP contribution in [0.15, 0.2) is 71.6 Å². The van der Waals surface area contributed by atoms with Crippen LogP contribution in [0.5, 0.6) is 11.5 Å². The Balaban J connectivity index is 1.75. The number of halogens is 2. The predicted molar refractivity (Wildman–Crippen MR) is 119 cm³/mol. The number of rotatable bonds is 9. The highest BCUT2D eigenvalue weighted by Gasteiger charge is 2.22.